The summed E-state index contributed by atoms with van der Waals surface area (Å²) in [7, 11) is 0. The van der Waals surface area contributed by atoms with Gasteiger partial charge in [-0.15, -0.1) is 11.3 Å². The monoisotopic (exact) mass is 383 g/mol. The second-order valence-electron chi connectivity index (χ2n) is 5.82. The Balaban J connectivity index is 1.57. The van der Waals surface area contributed by atoms with Crippen LogP contribution in [0.25, 0.3) is 21.5 Å². The number of hydrogen-bond donors (Lipinski definition) is 2. The summed E-state index contributed by atoms with van der Waals surface area (Å²) in [5.41, 5.74) is 1.09. The van der Waals surface area contributed by atoms with Gasteiger partial charge >= 0.3 is 0 Å². The highest BCUT2D eigenvalue weighted by atomic mass is 32.1. The molecule has 0 aliphatic rings. The Bertz CT molecular complexity index is 1090. The van der Waals surface area contributed by atoms with Crippen LogP contribution in [0, 0.1) is 5.82 Å². The summed E-state index contributed by atoms with van der Waals surface area (Å²) in [4.78, 5) is 16.6. The van der Waals surface area contributed by atoms with E-state index in [4.69, 9.17) is 4.52 Å². The quantitative estimate of drug-likeness (QED) is 0.550. The van der Waals surface area contributed by atoms with Crippen LogP contribution in [-0.2, 0) is 0 Å². The maximum atomic E-state index is 13.0. The van der Waals surface area contributed by atoms with Crippen molar-refractivity contribution in [3.63, 3.8) is 0 Å². The van der Waals surface area contributed by atoms with Crippen molar-refractivity contribution in [2.24, 2.45) is 0 Å². The normalized spacial score (nSPS) is 12.2. The lowest BCUT2D eigenvalue weighted by atomic mass is 10.1. The van der Waals surface area contributed by atoms with E-state index in [9.17, 15) is 14.3 Å². The molecule has 136 valence electrons. The molecule has 2 aromatic heterocycles. The maximum absolute atomic E-state index is 13.0. The SMILES string of the molecule is O=C(N[C@@H](CO)c1nc(-c2csc3ccccc23)no1)c1ccc(F)cc1. The highest BCUT2D eigenvalue weighted by Crippen LogP contribution is 2.32. The van der Waals surface area contributed by atoms with E-state index >= 15 is 0 Å². The molecule has 1 atom stereocenters. The van der Waals surface area contributed by atoms with E-state index in [0.717, 1.165) is 15.6 Å². The van der Waals surface area contributed by atoms with Gasteiger partial charge in [0.05, 0.1) is 6.61 Å². The summed E-state index contributed by atoms with van der Waals surface area (Å²) in [5.74, 6) is -0.431. The predicted molar refractivity (Wildman–Crippen MR) is 98.8 cm³/mol. The second-order valence-corrected chi connectivity index (χ2v) is 6.73. The van der Waals surface area contributed by atoms with Crippen LogP contribution in [-0.4, -0.2) is 27.8 Å². The zero-order valence-electron chi connectivity index (χ0n) is 13.9. The van der Waals surface area contributed by atoms with Crippen LogP contribution in [0.4, 0.5) is 4.39 Å². The molecule has 0 bridgehead atoms. The molecule has 2 N–H and O–H groups in total. The van der Waals surface area contributed by atoms with Crippen LogP contribution in [0.1, 0.15) is 22.3 Å². The van der Waals surface area contributed by atoms with Crippen molar-refractivity contribution in [1.82, 2.24) is 15.5 Å². The fourth-order valence-electron chi connectivity index (χ4n) is 2.67. The minimum absolute atomic E-state index is 0.0956. The minimum Gasteiger partial charge on any atom is -0.394 e. The zero-order chi connectivity index (χ0) is 18.8. The topological polar surface area (TPSA) is 88.2 Å². The van der Waals surface area contributed by atoms with Crippen molar-refractivity contribution >= 4 is 27.3 Å². The van der Waals surface area contributed by atoms with E-state index in [1.165, 1.54) is 24.3 Å². The van der Waals surface area contributed by atoms with E-state index in [-0.39, 0.29) is 11.5 Å². The molecule has 2 heterocycles. The van der Waals surface area contributed by atoms with Gasteiger partial charge in [0.1, 0.15) is 11.9 Å². The molecule has 0 fully saturated rings. The first-order valence-electron chi connectivity index (χ1n) is 8.13. The number of carbonyl (C=O) groups excluding carboxylic acids is 1. The van der Waals surface area contributed by atoms with Gasteiger partial charge in [-0.1, -0.05) is 23.4 Å². The Morgan fingerprint density at radius 3 is 2.78 bits per heavy atom. The van der Waals surface area contributed by atoms with E-state index in [1.807, 2.05) is 29.6 Å². The number of thiophene rings is 1. The third-order valence-corrected chi connectivity index (χ3v) is 5.02. The van der Waals surface area contributed by atoms with Crippen molar-refractivity contribution < 1.29 is 18.8 Å². The molecule has 0 aliphatic heterocycles. The highest BCUT2D eigenvalue weighted by molar-refractivity contribution is 7.17. The van der Waals surface area contributed by atoms with Crippen molar-refractivity contribution in [3.8, 4) is 11.4 Å². The maximum Gasteiger partial charge on any atom is 0.251 e. The molecule has 0 unspecified atom stereocenters. The summed E-state index contributed by atoms with van der Waals surface area (Å²) < 4.78 is 19.3. The number of aliphatic hydroxyl groups excluding tert-OH is 1. The molecule has 2 aromatic carbocycles. The van der Waals surface area contributed by atoms with Gasteiger partial charge in [0.2, 0.25) is 5.82 Å². The molecule has 0 spiro atoms. The third-order valence-electron chi connectivity index (χ3n) is 4.06. The van der Waals surface area contributed by atoms with Crippen LogP contribution in [0.2, 0.25) is 0 Å². The van der Waals surface area contributed by atoms with Gasteiger partial charge in [0, 0.05) is 26.6 Å². The first-order valence-corrected chi connectivity index (χ1v) is 9.01. The second kappa shape index (κ2) is 7.26. The van der Waals surface area contributed by atoms with Gasteiger partial charge in [-0.05, 0) is 30.3 Å². The molecule has 4 rings (SSSR count). The number of fused-ring (bicyclic) bond motifs is 1. The van der Waals surface area contributed by atoms with Crippen LogP contribution >= 0.6 is 11.3 Å². The van der Waals surface area contributed by atoms with Crippen molar-refractivity contribution in [3.05, 3.63) is 71.2 Å². The number of aromatic nitrogens is 2. The number of benzene rings is 2. The first kappa shape index (κ1) is 17.3. The van der Waals surface area contributed by atoms with Crippen LogP contribution in [0.15, 0.2) is 58.4 Å². The molecule has 8 heteroatoms. The summed E-state index contributed by atoms with van der Waals surface area (Å²) in [5, 5.41) is 19.2. The summed E-state index contributed by atoms with van der Waals surface area (Å²) in [6, 6.07) is 12.1. The van der Waals surface area contributed by atoms with Gasteiger partial charge in [-0.25, -0.2) is 4.39 Å². The van der Waals surface area contributed by atoms with Crippen molar-refractivity contribution in [1.29, 1.82) is 0 Å². The van der Waals surface area contributed by atoms with Gasteiger partial charge in [-0.3, -0.25) is 4.79 Å². The molecule has 0 saturated heterocycles. The number of nitrogens with zero attached hydrogens (tertiary/aromatic N) is 2. The molecular weight excluding hydrogens is 369 g/mol. The Hall–Kier alpha value is -3.10. The number of rotatable bonds is 5. The van der Waals surface area contributed by atoms with E-state index in [2.05, 4.69) is 15.5 Å². The molecule has 0 radical (unpaired) electrons. The molecule has 1 amide bonds. The molecular formula is C19H14FN3O3S. The van der Waals surface area contributed by atoms with Gasteiger partial charge in [-0.2, -0.15) is 4.98 Å². The Kier molecular flexibility index (Phi) is 4.66. The molecule has 4 aromatic rings. The zero-order valence-corrected chi connectivity index (χ0v) is 14.7. The summed E-state index contributed by atoms with van der Waals surface area (Å²) >= 11 is 1.57. The Labute approximate surface area is 157 Å². The number of hydrogen-bond acceptors (Lipinski definition) is 6. The Morgan fingerprint density at radius 2 is 2.00 bits per heavy atom. The lowest BCUT2D eigenvalue weighted by molar-refractivity contribution is 0.0901. The molecule has 0 aliphatic carbocycles. The number of nitrogens with one attached hydrogen (secondary N) is 1. The summed E-state index contributed by atoms with van der Waals surface area (Å²) in [6.45, 7) is -0.418. The van der Waals surface area contributed by atoms with Gasteiger partial charge in [0.15, 0.2) is 0 Å². The van der Waals surface area contributed by atoms with Gasteiger partial charge in [0.25, 0.3) is 11.8 Å². The molecule has 6 nitrogen and oxygen atoms in total. The van der Waals surface area contributed by atoms with E-state index < -0.39 is 24.4 Å². The van der Waals surface area contributed by atoms with Crippen molar-refractivity contribution in [2.75, 3.05) is 6.61 Å². The smallest absolute Gasteiger partial charge is 0.251 e. The average molecular weight is 383 g/mol. The number of amides is 1. The van der Waals surface area contributed by atoms with E-state index in [0.29, 0.717) is 5.82 Å². The van der Waals surface area contributed by atoms with Crippen molar-refractivity contribution in [2.45, 2.75) is 6.04 Å². The number of aliphatic hydroxyl groups is 1. The van der Waals surface area contributed by atoms with Gasteiger partial charge < -0.3 is 14.9 Å². The highest BCUT2D eigenvalue weighted by Gasteiger charge is 2.22. The van der Waals surface area contributed by atoms with Crippen LogP contribution < -0.4 is 5.32 Å². The fraction of sp³-hybridized carbons (Fsp3) is 0.105. The standard InChI is InChI=1S/C19H14FN3O3S/c20-12-7-5-11(6-8-12)18(25)21-15(9-24)19-22-17(23-26-19)14-10-27-16-4-2-1-3-13(14)16/h1-8,10,15,24H,9H2,(H,21,25)/t15-/m0/s1. The predicted octanol–water partition coefficient (Wildman–Crippen LogP) is 3.55. The first-order chi connectivity index (χ1) is 13.2. The fourth-order valence-corrected chi connectivity index (χ4v) is 3.60. The number of carbonyl (C=O) groups is 1. The van der Waals surface area contributed by atoms with E-state index in [1.54, 1.807) is 11.3 Å². The lowest BCUT2D eigenvalue weighted by Crippen LogP contribution is -2.31. The molecule has 27 heavy (non-hydrogen) atoms. The molecule has 0 saturated carbocycles. The minimum atomic E-state index is -0.867. The lowest BCUT2D eigenvalue weighted by Gasteiger charge is -2.12. The Morgan fingerprint density at radius 1 is 1.22 bits per heavy atom. The average Bonchev–Trinajstić information content (AvgIpc) is 3.33. The van der Waals surface area contributed by atoms with Crippen LogP contribution in [0.5, 0.6) is 0 Å². The third kappa shape index (κ3) is 3.44. The largest absolute Gasteiger partial charge is 0.394 e. The number of halogens is 1. The summed E-state index contributed by atoms with van der Waals surface area (Å²) in [6.07, 6.45) is 0. The van der Waals surface area contributed by atoms with Crippen LogP contribution in [0.3, 0.4) is 0 Å².